The van der Waals surface area contributed by atoms with Gasteiger partial charge in [-0.25, -0.2) is 4.98 Å². The number of rotatable bonds is 8. The first-order chi connectivity index (χ1) is 27.1. The van der Waals surface area contributed by atoms with E-state index in [-0.39, 0.29) is 42.4 Å². The molecule has 2 aliphatic carbocycles. The third-order valence-electron chi connectivity index (χ3n) is 11.8. The zero-order chi connectivity index (χ0) is 40.6. The number of carbonyl (C=O) groups is 4. The van der Waals surface area contributed by atoms with Crippen LogP contribution in [-0.4, -0.2) is 62.4 Å². The molecule has 57 heavy (non-hydrogen) atoms. The highest BCUT2D eigenvalue weighted by molar-refractivity contribution is 6.33. The average Bonchev–Trinajstić information content (AvgIpc) is 3.55. The Morgan fingerprint density at radius 2 is 1.65 bits per heavy atom. The number of ether oxygens (including phenoxy) is 1. The Hall–Kier alpha value is -5.60. The monoisotopic (exact) mass is 820 g/mol. The Bertz CT molecular complexity index is 2360. The zero-order valence-electron chi connectivity index (χ0n) is 30.0. The fourth-order valence-corrected chi connectivity index (χ4v) is 9.55. The number of allylic oxidation sites excluding steroid dienone is 2. The van der Waals surface area contributed by atoms with Crippen LogP contribution in [0.5, 0.6) is 17.2 Å². The normalized spacial score (nSPS) is 25.6. The van der Waals surface area contributed by atoms with Gasteiger partial charge in [0.05, 0.1) is 40.9 Å². The maximum atomic E-state index is 15.3. The number of nitrogens with one attached hydrogen (secondary N) is 1. The van der Waals surface area contributed by atoms with Crippen LogP contribution in [0.15, 0.2) is 90.6 Å². The van der Waals surface area contributed by atoms with Crippen LogP contribution in [0.1, 0.15) is 41.0 Å². The smallest absolute Gasteiger partial charge is 0.417 e. The summed E-state index contributed by atoms with van der Waals surface area (Å²) < 4.78 is 45.8. The molecule has 16 heteroatoms. The molecule has 294 valence electrons. The number of phenols is 2. The number of phenolic OH excluding ortho intramolecular Hbond substituents is 2. The van der Waals surface area contributed by atoms with Crippen molar-refractivity contribution in [2.24, 2.45) is 23.7 Å². The number of aromatic nitrogens is 1. The van der Waals surface area contributed by atoms with E-state index in [9.17, 15) is 37.8 Å². The number of imide groups is 2. The van der Waals surface area contributed by atoms with E-state index in [1.54, 1.807) is 48.5 Å². The van der Waals surface area contributed by atoms with Gasteiger partial charge in [0.15, 0.2) is 5.82 Å². The molecule has 1 saturated carbocycles. The number of hydrogen-bond donors (Lipinski definition) is 3. The van der Waals surface area contributed by atoms with Crippen molar-refractivity contribution in [2.45, 2.75) is 36.8 Å². The van der Waals surface area contributed by atoms with Gasteiger partial charge in [0.25, 0.3) is 11.8 Å². The number of hydrogen-bond acceptors (Lipinski definition) is 9. The quantitative estimate of drug-likeness (QED) is 0.126. The second-order valence-corrected chi connectivity index (χ2v) is 15.4. The molecule has 2 saturated heterocycles. The Morgan fingerprint density at radius 1 is 0.930 bits per heavy atom. The molecule has 4 aromatic rings. The Labute approximate surface area is 333 Å². The molecule has 3 fully saturated rings. The summed E-state index contributed by atoms with van der Waals surface area (Å²) in [5.74, 6) is -7.42. The minimum atomic E-state index is -4.77. The van der Waals surface area contributed by atoms with Crippen LogP contribution >= 0.6 is 23.2 Å². The summed E-state index contributed by atoms with van der Waals surface area (Å²) in [7, 11) is 1.42. The Morgan fingerprint density at radius 3 is 2.30 bits per heavy atom. The number of benzene rings is 3. The summed E-state index contributed by atoms with van der Waals surface area (Å²) >= 11 is 12.6. The number of likely N-dealkylation sites (tertiary alicyclic amines) is 1. The zero-order valence-corrected chi connectivity index (χ0v) is 31.5. The van der Waals surface area contributed by atoms with E-state index in [0.717, 1.165) is 5.56 Å². The summed E-state index contributed by atoms with van der Waals surface area (Å²) in [5, 5.41) is 21.9. The first-order valence-corrected chi connectivity index (χ1v) is 18.7. The van der Waals surface area contributed by atoms with Crippen LogP contribution in [0.4, 0.5) is 19.0 Å². The number of nitrogens with zero attached hydrogens (tertiary/aromatic N) is 3. The van der Waals surface area contributed by atoms with E-state index < -0.39 is 75.3 Å². The van der Waals surface area contributed by atoms with Gasteiger partial charge in [0.2, 0.25) is 11.8 Å². The highest BCUT2D eigenvalue weighted by Gasteiger charge is 2.70. The molecule has 4 aliphatic rings. The molecule has 0 bridgehead atoms. The van der Waals surface area contributed by atoms with Gasteiger partial charge in [0, 0.05) is 35.3 Å². The lowest BCUT2D eigenvalue weighted by molar-refractivity contribution is -0.141. The second-order valence-electron chi connectivity index (χ2n) is 14.6. The van der Waals surface area contributed by atoms with Crippen molar-refractivity contribution >= 4 is 52.6 Å². The maximum absolute atomic E-state index is 15.3. The number of hydrazine groups is 1. The van der Waals surface area contributed by atoms with E-state index >= 15 is 4.79 Å². The molecule has 2 aliphatic heterocycles. The van der Waals surface area contributed by atoms with Gasteiger partial charge in [-0.15, -0.1) is 0 Å². The lowest BCUT2D eigenvalue weighted by Crippen LogP contribution is -2.53. The Kier molecular flexibility index (Phi) is 9.47. The van der Waals surface area contributed by atoms with Gasteiger partial charge < -0.3 is 14.9 Å². The molecule has 0 radical (unpaired) electrons. The van der Waals surface area contributed by atoms with Crippen LogP contribution < -0.4 is 10.2 Å². The number of alkyl halides is 3. The summed E-state index contributed by atoms with van der Waals surface area (Å²) in [6.07, 6.45) is -2.02. The third kappa shape index (κ3) is 6.16. The molecule has 4 amide bonds. The fourth-order valence-electron chi connectivity index (χ4n) is 9.21. The topological polar surface area (TPSA) is 149 Å². The molecule has 11 nitrogen and oxygen atoms in total. The van der Waals surface area contributed by atoms with Crippen molar-refractivity contribution in [3.05, 3.63) is 123 Å². The number of carbonyl (C=O) groups excluding carboxylic acids is 4. The first kappa shape index (κ1) is 38.3. The minimum Gasteiger partial charge on any atom is -0.508 e. The number of halogens is 5. The fraction of sp³-hybridized carbons (Fsp3) is 0.293. The first-order valence-electron chi connectivity index (χ1n) is 18.0. The minimum absolute atomic E-state index is 0.0774. The molecule has 8 rings (SSSR count). The van der Waals surface area contributed by atoms with Gasteiger partial charge in [-0.2, -0.15) is 18.2 Å². The predicted octanol–water partition coefficient (Wildman–Crippen LogP) is 7.05. The summed E-state index contributed by atoms with van der Waals surface area (Å²) in [4.78, 5) is 63.6. The SMILES string of the molecule is COc1ccc(C2C3=CCC4C(=O)N(CCc5ccc(O)cc5)C(=O)C4C3CC3C(=O)N(Nc4ncc(C(F)(F)F)cc4Cl)C(=O)C32c2ccc(Cl)cc2)c(O)c1. The van der Waals surface area contributed by atoms with Crippen LogP contribution in [0, 0.1) is 23.7 Å². The highest BCUT2D eigenvalue weighted by atomic mass is 35.5. The van der Waals surface area contributed by atoms with E-state index in [0.29, 0.717) is 45.6 Å². The van der Waals surface area contributed by atoms with Crippen molar-refractivity contribution in [2.75, 3.05) is 19.1 Å². The molecule has 6 atom stereocenters. The number of methoxy groups -OCH3 is 1. The Balaban J connectivity index is 1.26. The standard InChI is InChI=1S/C41H33Cl2F3N4O7/c1-57-25-10-11-27(32(52)17-25)34-26-12-13-28-33(38(55)49(36(28)53)15-14-20-2-8-24(51)9-3-20)29(26)18-30-37(54)50(39(56)40(30,34)21-4-6-23(42)7-5-21)48-35-31(43)16-22(19-47-35)41(44,45)46/h2-12,16-17,19,28-30,33-34,51-52H,13-15,18H2,1H3,(H,47,48). The molecule has 0 spiro atoms. The largest absolute Gasteiger partial charge is 0.508 e. The second kappa shape index (κ2) is 14.1. The number of anilines is 1. The van der Waals surface area contributed by atoms with Crippen molar-refractivity contribution < 1.29 is 47.3 Å². The summed E-state index contributed by atoms with van der Waals surface area (Å²) in [5.41, 5.74) is 1.58. The maximum Gasteiger partial charge on any atom is 0.417 e. The highest BCUT2D eigenvalue weighted by Crippen LogP contribution is 2.65. The van der Waals surface area contributed by atoms with Gasteiger partial charge in [-0.1, -0.05) is 65.2 Å². The van der Waals surface area contributed by atoms with Crippen molar-refractivity contribution in [1.29, 1.82) is 0 Å². The van der Waals surface area contributed by atoms with Crippen LogP contribution in [0.3, 0.4) is 0 Å². The molecule has 3 heterocycles. The molecule has 6 unspecified atom stereocenters. The van der Waals surface area contributed by atoms with E-state index in [1.165, 1.54) is 30.2 Å². The van der Waals surface area contributed by atoms with Gasteiger partial charge in [-0.3, -0.25) is 29.5 Å². The van der Waals surface area contributed by atoms with Crippen molar-refractivity contribution in [3.63, 3.8) is 0 Å². The van der Waals surface area contributed by atoms with E-state index in [4.69, 9.17) is 27.9 Å². The lowest BCUT2D eigenvalue weighted by atomic mass is 9.49. The molecular formula is C41H33Cl2F3N4O7. The number of pyridine rings is 1. The van der Waals surface area contributed by atoms with Crippen molar-refractivity contribution in [3.8, 4) is 17.2 Å². The lowest BCUT2D eigenvalue weighted by Gasteiger charge is -2.50. The molecular weight excluding hydrogens is 788 g/mol. The third-order valence-corrected chi connectivity index (χ3v) is 12.3. The molecule has 3 N–H and O–H groups in total. The van der Waals surface area contributed by atoms with E-state index in [1.807, 2.05) is 6.08 Å². The van der Waals surface area contributed by atoms with Gasteiger partial charge in [0.1, 0.15) is 17.2 Å². The number of fused-ring (bicyclic) bond motifs is 4. The average molecular weight is 822 g/mol. The van der Waals surface area contributed by atoms with Crippen LogP contribution in [0.25, 0.3) is 0 Å². The number of aromatic hydroxyl groups is 2. The molecule has 1 aromatic heterocycles. The van der Waals surface area contributed by atoms with Crippen LogP contribution in [-0.2, 0) is 37.2 Å². The predicted molar refractivity (Wildman–Crippen MR) is 200 cm³/mol. The molecule has 3 aromatic carbocycles. The summed E-state index contributed by atoms with van der Waals surface area (Å²) in [6.45, 7) is 0.0777. The number of amides is 4. The van der Waals surface area contributed by atoms with E-state index in [2.05, 4.69) is 10.4 Å². The van der Waals surface area contributed by atoms with Crippen molar-refractivity contribution in [1.82, 2.24) is 14.9 Å². The summed E-state index contributed by atoms with van der Waals surface area (Å²) in [6, 6.07) is 17.9. The van der Waals surface area contributed by atoms with Crippen LogP contribution in [0.2, 0.25) is 10.0 Å². The van der Waals surface area contributed by atoms with Gasteiger partial charge in [-0.05, 0) is 72.7 Å². The van der Waals surface area contributed by atoms with Gasteiger partial charge >= 0.3 is 6.18 Å².